The van der Waals surface area contributed by atoms with Crippen LogP contribution in [0.3, 0.4) is 0 Å². The molecule has 0 aromatic heterocycles. The first kappa shape index (κ1) is 11.6. The Hall–Kier alpha value is 0.140. The van der Waals surface area contributed by atoms with Gasteiger partial charge in [0.1, 0.15) is 0 Å². The largest absolute Gasteiger partial charge is 0.376 e. The summed E-state index contributed by atoms with van der Waals surface area (Å²) in [7, 11) is 0. The van der Waals surface area contributed by atoms with Crippen LogP contribution in [-0.2, 0) is 4.74 Å². The lowest BCUT2D eigenvalue weighted by Crippen LogP contribution is -2.19. The molecule has 1 heterocycles. The van der Waals surface area contributed by atoms with E-state index in [0.29, 0.717) is 16.8 Å². The number of benzene rings is 1. The summed E-state index contributed by atoms with van der Waals surface area (Å²) in [6.07, 6.45) is 1.48. The first-order chi connectivity index (χ1) is 7.18. The Kier molecular flexibility index (Phi) is 3.86. The lowest BCUT2D eigenvalue weighted by molar-refractivity contribution is 0.0935. The van der Waals surface area contributed by atoms with E-state index in [4.69, 9.17) is 4.74 Å². The molecule has 15 heavy (non-hydrogen) atoms. The fourth-order valence-corrected chi connectivity index (χ4v) is 3.17. The molecular weight excluding hydrogens is 320 g/mol. The molecule has 82 valence electrons. The molecule has 1 aliphatic heterocycles. The second kappa shape index (κ2) is 4.98. The summed E-state index contributed by atoms with van der Waals surface area (Å²) in [5.74, 6) is 0.637. The Labute approximate surface area is 107 Å². The van der Waals surface area contributed by atoms with Gasteiger partial charge in [0.25, 0.3) is 0 Å². The van der Waals surface area contributed by atoms with E-state index in [1.165, 1.54) is 12.0 Å². The maximum absolute atomic E-state index is 5.75. The fourth-order valence-electron chi connectivity index (χ4n) is 1.93. The standard InChI is InChI=1S/C12H14Br2O/c1-8-6-7-15-12(8)11(14)9-2-4-10(13)5-3-9/h2-5,8,11-12H,6-7H2,1H3. The maximum Gasteiger partial charge on any atom is 0.0767 e. The van der Waals surface area contributed by atoms with Gasteiger partial charge in [-0.05, 0) is 30.0 Å². The van der Waals surface area contributed by atoms with Crippen molar-refractivity contribution in [1.29, 1.82) is 0 Å². The lowest BCUT2D eigenvalue weighted by Gasteiger charge is -2.21. The van der Waals surface area contributed by atoms with Crippen molar-refractivity contribution < 1.29 is 4.74 Å². The van der Waals surface area contributed by atoms with Gasteiger partial charge in [-0.25, -0.2) is 0 Å². The average molecular weight is 334 g/mol. The highest BCUT2D eigenvalue weighted by atomic mass is 79.9. The third-order valence-corrected chi connectivity index (χ3v) is 4.50. The summed E-state index contributed by atoms with van der Waals surface area (Å²) >= 11 is 7.18. The maximum atomic E-state index is 5.75. The quantitative estimate of drug-likeness (QED) is 0.733. The van der Waals surface area contributed by atoms with Crippen LogP contribution in [0.25, 0.3) is 0 Å². The van der Waals surface area contributed by atoms with Gasteiger partial charge in [-0.3, -0.25) is 0 Å². The normalized spacial score (nSPS) is 27.9. The smallest absolute Gasteiger partial charge is 0.0767 e. The fraction of sp³-hybridized carbons (Fsp3) is 0.500. The van der Waals surface area contributed by atoms with Crippen LogP contribution in [0, 0.1) is 5.92 Å². The molecule has 0 amide bonds. The molecule has 1 aromatic carbocycles. The van der Waals surface area contributed by atoms with Gasteiger partial charge in [0.15, 0.2) is 0 Å². The minimum absolute atomic E-state index is 0.308. The molecule has 1 fully saturated rings. The molecule has 3 heteroatoms. The molecule has 0 bridgehead atoms. The van der Waals surface area contributed by atoms with E-state index >= 15 is 0 Å². The zero-order chi connectivity index (χ0) is 10.8. The molecule has 1 nitrogen and oxygen atoms in total. The first-order valence-corrected chi connectivity index (χ1v) is 6.90. The van der Waals surface area contributed by atoms with Crippen molar-refractivity contribution in [1.82, 2.24) is 0 Å². The summed E-state index contributed by atoms with van der Waals surface area (Å²) in [5, 5.41) is 0. The predicted molar refractivity (Wildman–Crippen MR) is 69.3 cm³/mol. The number of ether oxygens (including phenoxy) is 1. The van der Waals surface area contributed by atoms with Gasteiger partial charge in [0.2, 0.25) is 0 Å². The minimum Gasteiger partial charge on any atom is -0.376 e. The number of rotatable bonds is 2. The Bertz CT molecular complexity index is 323. The first-order valence-electron chi connectivity index (χ1n) is 5.19. The molecule has 0 radical (unpaired) electrons. The van der Waals surface area contributed by atoms with Gasteiger partial charge < -0.3 is 4.74 Å². The SMILES string of the molecule is CC1CCOC1C(Br)c1ccc(Br)cc1. The van der Waals surface area contributed by atoms with Crippen LogP contribution in [0.15, 0.2) is 28.7 Å². The molecule has 3 unspecified atom stereocenters. The highest BCUT2D eigenvalue weighted by molar-refractivity contribution is 9.10. The summed E-state index contributed by atoms with van der Waals surface area (Å²) in [5.41, 5.74) is 1.29. The van der Waals surface area contributed by atoms with Gasteiger partial charge in [-0.15, -0.1) is 0 Å². The van der Waals surface area contributed by atoms with Crippen molar-refractivity contribution in [3.8, 4) is 0 Å². The van der Waals surface area contributed by atoms with Crippen molar-refractivity contribution in [2.45, 2.75) is 24.3 Å². The van der Waals surface area contributed by atoms with Crippen LogP contribution in [-0.4, -0.2) is 12.7 Å². The highest BCUT2D eigenvalue weighted by Crippen LogP contribution is 2.37. The number of alkyl halides is 1. The third-order valence-electron chi connectivity index (χ3n) is 2.92. The van der Waals surface area contributed by atoms with Crippen molar-refractivity contribution in [3.63, 3.8) is 0 Å². The van der Waals surface area contributed by atoms with Crippen molar-refractivity contribution in [2.75, 3.05) is 6.61 Å². The zero-order valence-corrected chi connectivity index (χ0v) is 11.8. The molecule has 1 aromatic rings. The van der Waals surface area contributed by atoms with Crippen molar-refractivity contribution in [3.05, 3.63) is 34.3 Å². The summed E-state index contributed by atoms with van der Waals surface area (Å²) in [6.45, 7) is 3.15. The topological polar surface area (TPSA) is 9.23 Å². The van der Waals surface area contributed by atoms with Crippen LogP contribution in [0.5, 0.6) is 0 Å². The molecule has 2 rings (SSSR count). The number of hydrogen-bond acceptors (Lipinski definition) is 1. The van der Waals surface area contributed by atoms with Crippen molar-refractivity contribution >= 4 is 31.9 Å². The van der Waals surface area contributed by atoms with E-state index in [2.05, 4.69) is 63.0 Å². The Morgan fingerprint density at radius 3 is 2.53 bits per heavy atom. The summed E-state index contributed by atoms with van der Waals surface area (Å²) < 4.78 is 6.87. The van der Waals surface area contributed by atoms with Crippen molar-refractivity contribution in [2.24, 2.45) is 5.92 Å². The van der Waals surface area contributed by atoms with Gasteiger partial charge in [0.05, 0.1) is 10.9 Å². The zero-order valence-electron chi connectivity index (χ0n) is 8.62. The molecule has 0 spiro atoms. The molecule has 1 saturated heterocycles. The minimum atomic E-state index is 0.308. The van der Waals surface area contributed by atoms with Crippen LogP contribution < -0.4 is 0 Å². The predicted octanol–water partition coefficient (Wildman–Crippen LogP) is 4.31. The highest BCUT2D eigenvalue weighted by Gasteiger charge is 2.31. The number of halogens is 2. The average Bonchev–Trinajstić information content (AvgIpc) is 2.65. The Balaban J connectivity index is 2.13. The van der Waals surface area contributed by atoms with Gasteiger partial charge >= 0.3 is 0 Å². The van der Waals surface area contributed by atoms with Crippen LogP contribution >= 0.6 is 31.9 Å². The Morgan fingerprint density at radius 1 is 1.33 bits per heavy atom. The molecule has 3 atom stereocenters. The molecule has 0 saturated carbocycles. The van der Waals surface area contributed by atoms with Crippen LogP contribution in [0.2, 0.25) is 0 Å². The monoisotopic (exact) mass is 332 g/mol. The second-order valence-corrected chi connectivity index (χ2v) is 5.96. The van der Waals surface area contributed by atoms with E-state index in [9.17, 15) is 0 Å². The molecule has 0 aliphatic carbocycles. The molecular formula is C12H14Br2O. The molecule has 1 aliphatic rings. The number of hydrogen-bond donors (Lipinski definition) is 0. The van der Waals surface area contributed by atoms with Gasteiger partial charge in [0, 0.05) is 11.1 Å². The van der Waals surface area contributed by atoms with Gasteiger partial charge in [-0.1, -0.05) is 50.9 Å². The third kappa shape index (κ3) is 2.63. The lowest BCUT2D eigenvalue weighted by atomic mass is 9.97. The Morgan fingerprint density at radius 2 is 2.00 bits per heavy atom. The summed E-state index contributed by atoms with van der Waals surface area (Å²) in [6, 6.07) is 8.42. The summed E-state index contributed by atoms with van der Waals surface area (Å²) in [4.78, 5) is 0.308. The van der Waals surface area contributed by atoms with E-state index < -0.39 is 0 Å². The van der Waals surface area contributed by atoms with E-state index in [0.717, 1.165) is 11.1 Å². The molecule has 0 N–H and O–H groups in total. The second-order valence-electron chi connectivity index (χ2n) is 4.05. The van der Waals surface area contributed by atoms with Crippen LogP contribution in [0.4, 0.5) is 0 Å². The van der Waals surface area contributed by atoms with Crippen LogP contribution in [0.1, 0.15) is 23.7 Å². The van der Waals surface area contributed by atoms with E-state index in [-0.39, 0.29) is 0 Å². The van der Waals surface area contributed by atoms with E-state index in [1.807, 2.05) is 0 Å². The van der Waals surface area contributed by atoms with Gasteiger partial charge in [-0.2, -0.15) is 0 Å². The van der Waals surface area contributed by atoms with E-state index in [1.54, 1.807) is 0 Å².